The molecule has 2 rings (SSSR count). The van der Waals surface area contributed by atoms with Crippen molar-refractivity contribution in [3.8, 4) is 0 Å². The third kappa shape index (κ3) is 3.72. The Morgan fingerprint density at radius 1 is 0.900 bits per heavy atom. The predicted molar refractivity (Wildman–Crippen MR) is 93.1 cm³/mol. The van der Waals surface area contributed by atoms with E-state index in [1.54, 1.807) is 0 Å². The summed E-state index contributed by atoms with van der Waals surface area (Å²) in [4.78, 5) is 0. The van der Waals surface area contributed by atoms with Crippen molar-refractivity contribution in [2.24, 2.45) is 5.73 Å². The van der Waals surface area contributed by atoms with Gasteiger partial charge in [0.1, 0.15) is 0 Å². The van der Waals surface area contributed by atoms with Crippen LogP contribution in [0.1, 0.15) is 33.9 Å². The Kier molecular flexibility index (Phi) is 5.05. The van der Waals surface area contributed by atoms with Gasteiger partial charge < -0.3 is 5.73 Å². The van der Waals surface area contributed by atoms with Gasteiger partial charge in [0.15, 0.2) is 0 Å². The SMILES string of the molecule is Cc1cc(C)c(CC(N)c2cc(Br)cc(Br)c2)c(C)c1. The summed E-state index contributed by atoms with van der Waals surface area (Å²) in [7, 11) is 0. The molecule has 1 nitrogen and oxygen atoms in total. The molecule has 0 aliphatic carbocycles. The molecule has 2 aromatic rings. The Balaban J connectivity index is 2.30. The van der Waals surface area contributed by atoms with Crippen molar-refractivity contribution < 1.29 is 0 Å². The summed E-state index contributed by atoms with van der Waals surface area (Å²) in [5, 5.41) is 0. The summed E-state index contributed by atoms with van der Waals surface area (Å²) in [5.41, 5.74) is 12.9. The Morgan fingerprint density at radius 3 is 1.90 bits per heavy atom. The standard InChI is InChI=1S/C17H19Br2N/c1-10-4-11(2)16(12(3)5-10)9-17(20)13-6-14(18)8-15(19)7-13/h4-8,17H,9,20H2,1-3H3. The van der Waals surface area contributed by atoms with Gasteiger partial charge in [-0.1, -0.05) is 49.6 Å². The molecule has 0 bridgehead atoms. The number of hydrogen-bond donors (Lipinski definition) is 1. The van der Waals surface area contributed by atoms with Crippen molar-refractivity contribution in [2.45, 2.75) is 33.2 Å². The van der Waals surface area contributed by atoms with Crippen molar-refractivity contribution in [1.82, 2.24) is 0 Å². The number of halogens is 2. The van der Waals surface area contributed by atoms with E-state index in [0.717, 1.165) is 20.9 Å². The molecule has 0 spiro atoms. The summed E-state index contributed by atoms with van der Waals surface area (Å²) >= 11 is 7.04. The average Bonchev–Trinajstić information content (AvgIpc) is 2.32. The first-order valence-corrected chi connectivity index (χ1v) is 8.23. The highest BCUT2D eigenvalue weighted by atomic mass is 79.9. The van der Waals surface area contributed by atoms with Gasteiger partial charge in [-0.3, -0.25) is 0 Å². The Bertz CT molecular complexity index is 592. The molecular weight excluding hydrogens is 378 g/mol. The molecule has 0 amide bonds. The van der Waals surface area contributed by atoms with E-state index in [4.69, 9.17) is 5.73 Å². The zero-order valence-electron chi connectivity index (χ0n) is 12.0. The fourth-order valence-corrected chi connectivity index (χ4v) is 3.99. The highest BCUT2D eigenvalue weighted by molar-refractivity contribution is 9.11. The fraction of sp³-hybridized carbons (Fsp3) is 0.294. The molecule has 1 unspecified atom stereocenters. The topological polar surface area (TPSA) is 26.0 Å². The number of rotatable bonds is 3. The lowest BCUT2D eigenvalue weighted by molar-refractivity contribution is 0.714. The van der Waals surface area contributed by atoms with E-state index in [-0.39, 0.29) is 6.04 Å². The molecule has 0 fully saturated rings. The maximum atomic E-state index is 6.40. The first kappa shape index (κ1) is 15.7. The van der Waals surface area contributed by atoms with E-state index in [0.29, 0.717) is 0 Å². The predicted octanol–water partition coefficient (Wildman–Crippen LogP) is 5.38. The van der Waals surface area contributed by atoms with Crippen LogP contribution in [0.25, 0.3) is 0 Å². The molecule has 0 heterocycles. The van der Waals surface area contributed by atoms with Gasteiger partial charge in [-0.15, -0.1) is 0 Å². The van der Waals surface area contributed by atoms with Gasteiger partial charge in [0, 0.05) is 15.0 Å². The lowest BCUT2D eigenvalue weighted by Crippen LogP contribution is -2.15. The quantitative estimate of drug-likeness (QED) is 0.740. The largest absolute Gasteiger partial charge is 0.324 e. The van der Waals surface area contributed by atoms with E-state index in [9.17, 15) is 0 Å². The van der Waals surface area contributed by atoms with Crippen molar-refractivity contribution in [3.63, 3.8) is 0 Å². The third-order valence-corrected chi connectivity index (χ3v) is 4.49. The first-order chi connectivity index (χ1) is 9.36. The average molecular weight is 397 g/mol. The molecule has 2 N–H and O–H groups in total. The van der Waals surface area contributed by atoms with Crippen LogP contribution in [0.2, 0.25) is 0 Å². The molecule has 20 heavy (non-hydrogen) atoms. The minimum absolute atomic E-state index is 0.00362. The maximum Gasteiger partial charge on any atom is 0.0336 e. The second-order valence-electron chi connectivity index (χ2n) is 5.39. The highest BCUT2D eigenvalue weighted by Gasteiger charge is 2.12. The van der Waals surface area contributed by atoms with E-state index in [2.05, 4.69) is 76.9 Å². The molecule has 1 atom stereocenters. The van der Waals surface area contributed by atoms with E-state index in [1.807, 2.05) is 6.07 Å². The first-order valence-electron chi connectivity index (χ1n) is 6.65. The lowest BCUT2D eigenvalue weighted by Gasteiger charge is -2.17. The molecule has 0 aliphatic rings. The van der Waals surface area contributed by atoms with Crippen LogP contribution in [-0.2, 0) is 6.42 Å². The van der Waals surface area contributed by atoms with Gasteiger partial charge in [0.05, 0.1) is 0 Å². The van der Waals surface area contributed by atoms with E-state index in [1.165, 1.54) is 22.3 Å². The van der Waals surface area contributed by atoms with Gasteiger partial charge in [-0.05, 0) is 67.6 Å². The zero-order chi connectivity index (χ0) is 14.9. The van der Waals surface area contributed by atoms with Crippen molar-refractivity contribution in [1.29, 1.82) is 0 Å². The van der Waals surface area contributed by atoms with Gasteiger partial charge >= 0.3 is 0 Å². The molecular formula is C17H19Br2N. The molecule has 106 valence electrons. The van der Waals surface area contributed by atoms with Gasteiger partial charge in [-0.2, -0.15) is 0 Å². The highest BCUT2D eigenvalue weighted by Crippen LogP contribution is 2.27. The number of hydrogen-bond acceptors (Lipinski definition) is 1. The monoisotopic (exact) mass is 395 g/mol. The minimum Gasteiger partial charge on any atom is -0.324 e. The molecule has 0 saturated carbocycles. The maximum absolute atomic E-state index is 6.40. The van der Waals surface area contributed by atoms with Crippen LogP contribution in [-0.4, -0.2) is 0 Å². The van der Waals surface area contributed by atoms with Gasteiger partial charge in [0.2, 0.25) is 0 Å². The van der Waals surface area contributed by atoms with Gasteiger partial charge in [0.25, 0.3) is 0 Å². The van der Waals surface area contributed by atoms with Crippen molar-refractivity contribution in [3.05, 3.63) is 67.1 Å². The third-order valence-electron chi connectivity index (χ3n) is 3.58. The second kappa shape index (κ2) is 6.42. The zero-order valence-corrected chi connectivity index (χ0v) is 15.2. The van der Waals surface area contributed by atoms with E-state index >= 15 is 0 Å². The van der Waals surface area contributed by atoms with E-state index < -0.39 is 0 Å². The summed E-state index contributed by atoms with van der Waals surface area (Å²) in [6, 6.07) is 10.7. The summed E-state index contributed by atoms with van der Waals surface area (Å²) in [6.07, 6.45) is 0.862. The molecule has 0 radical (unpaired) electrons. The summed E-state index contributed by atoms with van der Waals surface area (Å²) < 4.78 is 2.10. The Morgan fingerprint density at radius 2 is 1.40 bits per heavy atom. The van der Waals surface area contributed by atoms with Crippen LogP contribution < -0.4 is 5.73 Å². The van der Waals surface area contributed by atoms with Crippen LogP contribution in [0, 0.1) is 20.8 Å². The Labute approximate surface area is 137 Å². The van der Waals surface area contributed by atoms with Crippen LogP contribution >= 0.6 is 31.9 Å². The van der Waals surface area contributed by atoms with Crippen molar-refractivity contribution in [2.75, 3.05) is 0 Å². The fourth-order valence-electron chi connectivity index (χ4n) is 2.66. The molecule has 0 aliphatic heterocycles. The van der Waals surface area contributed by atoms with Gasteiger partial charge in [-0.25, -0.2) is 0 Å². The van der Waals surface area contributed by atoms with Crippen molar-refractivity contribution >= 4 is 31.9 Å². The lowest BCUT2D eigenvalue weighted by atomic mass is 9.92. The molecule has 0 aromatic heterocycles. The van der Waals surface area contributed by atoms with Crippen LogP contribution in [0.3, 0.4) is 0 Å². The number of benzene rings is 2. The van der Waals surface area contributed by atoms with Crippen LogP contribution in [0.15, 0.2) is 39.3 Å². The molecule has 2 aromatic carbocycles. The molecule has 3 heteroatoms. The van der Waals surface area contributed by atoms with Crippen LogP contribution in [0.5, 0.6) is 0 Å². The minimum atomic E-state index is 0.00362. The summed E-state index contributed by atoms with van der Waals surface area (Å²) in [5.74, 6) is 0. The smallest absolute Gasteiger partial charge is 0.0336 e. The summed E-state index contributed by atoms with van der Waals surface area (Å²) in [6.45, 7) is 6.47. The number of aryl methyl sites for hydroxylation is 3. The van der Waals surface area contributed by atoms with Crippen LogP contribution in [0.4, 0.5) is 0 Å². The number of nitrogens with two attached hydrogens (primary N) is 1. The Hall–Kier alpha value is -0.640. The second-order valence-corrected chi connectivity index (χ2v) is 7.22. The molecule has 0 saturated heterocycles. The normalized spacial score (nSPS) is 12.5.